The number of rotatable bonds is 4. The highest BCUT2D eigenvalue weighted by molar-refractivity contribution is 6.27. The van der Waals surface area contributed by atoms with E-state index in [0.29, 0.717) is 17.8 Å². The lowest BCUT2D eigenvalue weighted by atomic mass is 9.94. The van der Waals surface area contributed by atoms with Crippen LogP contribution in [0.4, 0.5) is 5.69 Å². The Morgan fingerprint density at radius 1 is 1.33 bits per heavy atom. The number of aromatic amines is 1. The monoisotopic (exact) mass is 346 g/mol. The first-order chi connectivity index (χ1) is 11.7. The number of carbonyl (C=O) groups is 2. The number of likely N-dealkylation sites (tertiary alicyclic amines) is 1. The van der Waals surface area contributed by atoms with Crippen LogP contribution in [0.25, 0.3) is 0 Å². The Kier molecular flexibility index (Phi) is 5.15. The van der Waals surface area contributed by atoms with Crippen LogP contribution in [-0.4, -0.2) is 45.9 Å². The molecular formula is C17H19ClN4O2. The maximum atomic E-state index is 12.3. The summed E-state index contributed by atoms with van der Waals surface area (Å²) in [5.74, 6) is -0.134. The van der Waals surface area contributed by atoms with Crippen LogP contribution in [0, 0.1) is 0 Å². The van der Waals surface area contributed by atoms with Gasteiger partial charge in [-0.05, 0) is 25.0 Å². The van der Waals surface area contributed by atoms with Crippen molar-refractivity contribution < 1.29 is 9.59 Å². The van der Waals surface area contributed by atoms with Crippen molar-refractivity contribution >= 4 is 29.1 Å². The van der Waals surface area contributed by atoms with Crippen molar-refractivity contribution in [1.82, 2.24) is 15.1 Å². The highest BCUT2D eigenvalue weighted by Crippen LogP contribution is 2.30. The first-order valence-electron chi connectivity index (χ1n) is 7.92. The first-order valence-corrected chi connectivity index (χ1v) is 8.46. The smallest absolute Gasteiger partial charge is 0.255 e. The Bertz CT molecular complexity index is 716. The molecule has 1 aromatic carbocycles. The lowest BCUT2D eigenvalue weighted by Crippen LogP contribution is -2.40. The van der Waals surface area contributed by atoms with Crippen LogP contribution in [0.1, 0.15) is 34.8 Å². The normalized spacial score (nSPS) is 17.5. The summed E-state index contributed by atoms with van der Waals surface area (Å²) in [7, 11) is 0. The van der Waals surface area contributed by atoms with Crippen LogP contribution in [-0.2, 0) is 4.79 Å². The molecule has 3 rings (SSSR count). The highest BCUT2D eigenvalue weighted by Gasteiger charge is 2.27. The average Bonchev–Trinajstić information content (AvgIpc) is 3.10. The van der Waals surface area contributed by atoms with Crippen molar-refractivity contribution in [2.75, 3.05) is 24.3 Å². The zero-order valence-electron chi connectivity index (χ0n) is 13.2. The molecule has 2 N–H and O–H groups in total. The Morgan fingerprint density at radius 2 is 2.12 bits per heavy atom. The van der Waals surface area contributed by atoms with Gasteiger partial charge in [0.1, 0.15) is 5.88 Å². The number of nitrogens with one attached hydrogen (secondary N) is 2. The highest BCUT2D eigenvalue weighted by atomic mass is 35.5. The van der Waals surface area contributed by atoms with E-state index in [2.05, 4.69) is 15.5 Å². The third-order valence-corrected chi connectivity index (χ3v) is 4.48. The van der Waals surface area contributed by atoms with E-state index >= 15 is 0 Å². The molecule has 24 heavy (non-hydrogen) atoms. The summed E-state index contributed by atoms with van der Waals surface area (Å²) in [5.41, 5.74) is 2.10. The zero-order chi connectivity index (χ0) is 16.9. The van der Waals surface area contributed by atoms with Gasteiger partial charge < -0.3 is 10.2 Å². The van der Waals surface area contributed by atoms with Crippen LogP contribution in [0.3, 0.4) is 0 Å². The number of hydrogen-bond acceptors (Lipinski definition) is 3. The van der Waals surface area contributed by atoms with Crippen LogP contribution < -0.4 is 5.32 Å². The van der Waals surface area contributed by atoms with E-state index in [9.17, 15) is 9.59 Å². The molecule has 7 heteroatoms. The number of piperidine rings is 1. The van der Waals surface area contributed by atoms with E-state index in [0.717, 1.165) is 25.1 Å². The molecule has 0 saturated carbocycles. The summed E-state index contributed by atoms with van der Waals surface area (Å²) < 4.78 is 0. The molecule has 2 aromatic rings. The fourth-order valence-corrected chi connectivity index (χ4v) is 3.18. The van der Waals surface area contributed by atoms with Crippen molar-refractivity contribution in [3.63, 3.8) is 0 Å². The Balaban J connectivity index is 1.73. The average molecular weight is 347 g/mol. The SMILES string of the molecule is O=C(Nc1cn[nH]c1C1CCCN(C(=O)CCl)C1)c1ccccc1. The molecule has 126 valence electrons. The second-order valence-corrected chi connectivity index (χ2v) is 6.10. The number of anilines is 1. The summed E-state index contributed by atoms with van der Waals surface area (Å²) in [6.45, 7) is 1.31. The summed E-state index contributed by atoms with van der Waals surface area (Å²) in [4.78, 5) is 25.9. The molecule has 1 saturated heterocycles. The van der Waals surface area contributed by atoms with Crippen LogP contribution in [0.15, 0.2) is 36.5 Å². The van der Waals surface area contributed by atoms with E-state index in [1.54, 1.807) is 23.2 Å². The van der Waals surface area contributed by atoms with Gasteiger partial charge in [0, 0.05) is 24.6 Å². The number of hydrogen-bond donors (Lipinski definition) is 2. The molecule has 1 aromatic heterocycles. The van der Waals surface area contributed by atoms with Crippen molar-refractivity contribution in [1.29, 1.82) is 0 Å². The molecule has 0 aliphatic carbocycles. The van der Waals surface area contributed by atoms with Crippen molar-refractivity contribution in [2.24, 2.45) is 0 Å². The maximum Gasteiger partial charge on any atom is 0.255 e. The van der Waals surface area contributed by atoms with Gasteiger partial charge in [0.25, 0.3) is 5.91 Å². The van der Waals surface area contributed by atoms with Gasteiger partial charge in [0.15, 0.2) is 0 Å². The lowest BCUT2D eigenvalue weighted by Gasteiger charge is -2.32. The Morgan fingerprint density at radius 3 is 2.88 bits per heavy atom. The van der Waals surface area contributed by atoms with Gasteiger partial charge in [0.2, 0.25) is 5.91 Å². The first kappa shape index (κ1) is 16.5. The van der Waals surface area contributed by atoms with E-state index in [1.807, 2.05) is 18.2 Å². The van der Waals surface area contributed by atoms with Crippen molar-refractivity contribution in [3.05, 3.63) is 47.8 Å². The van der Waals surface area contributed by atoms with Gasteiger partial charge in [0.05, 0.1) is 17.6 Å². The number of halogens is 1. The van der Waals surface area contributed by atoms with Crippen molar-refractivity contribution in [3.8, 4) is 0 Å². The maximum absolute atomic E-state index is 12.3. The topological polar surface area (TPSA) is 78.1 Å². The summed E-state index contributed by atoms with van der Waals surface area (Å²) in [6, 6.07) is 9.03. The molecule has 1 unspecified atom stereocenters. The molecule has 1 fully saturated rings. The minimum absolute atomic E-state index is 0.00665. The third kappa shape index (κ3) is 3.59. The second-order valence-electron chi connectivity index (χ2n) is 5.83. The molecule has 1 aliphatic rings. The molecule has 0 spiro atoms. The van der Waals surface area contributed by atoms with Crippen LogP contribution in [0.2, 0.25) is 0 Å². The molecular weight excluding hydrogens is 328 g/mol. The predicted molar refractivity (Wildman–Crippen MR) is 92.3 cm³/mol. The van der Waals surface area contributed by atoms with Crippen LogP contribution >= 0.6 is 11.6 Å². The number of aromatic nitrogens is 2. The number of H-pyrrole nitrogens is 1. The van der Waals surface area contributed by atoms with Crippen LogP contribution in [0.5, 0.6) is 0 Å². The minimum atomic E-state index is -0.178. The van der Waals surface area contributed by atoms with Gasteiger partial charge in [-0.1, -0.05) is 18.2 Å². The zero-order valence-corrected chi connectivity index (χ0v) is 13.9. The summed E-state index contributed by atoms with van der Waals surface area (Å²) >= 11 is 5.66. The van der Waals surface area contributed by atoms with Gasteiger partial charge in [-0.2, -0.15) is 5.10 Å². The lowest BCUT2D eigenvalue weighted by molar-refractivity contribution is -0.129. The number of alkyl halides is 1. The second kappa shape index (κ2) is 7.49. The van der Waals surface area contributed by atoms with E-state index in [4.69, 9.17) is 11.6 Å². The number of carbonyl (C=O) groups excluding carboxylic acids is 2. The Labute approximate surface area is 145 Å². The molecule has 0 bridgehead atoms. The van der Waals surface area contributed by atoms with Gasteiger partial charge in [-0.25, -0.2) is 0 Å². The standard InChI is InChI=1S/C17H19ClN4O2/c18-9-15(23)22-8-4-7-13(11-22)16-14(10-19-21-16)20-17(24)12-5-2-1-3-6-12/h1-3,5-6,10,13H,4,7-9,11H2,(H,19,21)(H,20,24). The molecule has 0 radical (unpaired) electrons. The third-order valence-electron chi connectivity index (χ3n) is 4.25. The molecule has 2 heterocycles. The van der Waals surface area contributed by atoms with Gasteiger partial charge in [-0.3, -0.25) is 14.7 Å². The Hall–Kier alpha value is -2.34. The summed E-state index contributed by atoms with van der Waals surface area (Å²) in [5, 5.41) is 9.94. The van der Waals surface area contributed by atoms with Crippen molar-refractivity contribution in [2.45, 2.75) is 18.8 Å². The molecule has 1 atom stereocenters. The molecule has 6 nitrogen and oxygen atoms in total. The van der Waals surface area contributed by atoms with Gasteiger partial charge in [-0.15, -0.1) is 11.6 Å². The number of benzene rings is 1. The fraction of sp³-hybridized carbons (Fsp3) is 0.353. The van der Waals surface area contributed by atoms with E-state index in [1.165, 1.54) is 0 Å². The van der Waals surface area contributed by atoms with E-state index in [-0.39, 0.29) is 23.6 Å². The molecule has 1 aliphatic heterocycles. The van der Waals surface area contributed by atoms with E-state index < -0.39 is 0 Å². The number of amides is 2. The predicted octanol–water partition coefficient (Wildman–Crippen LogP) is 2.61. The summed E-state index contributed by atoms with van der Waals surface area (Å²) in [6.07, 6.45) is 3.44. The largest absolute Gasteiger partial charge is 0.341 e. The number of nitrogens with zero attached hydrogens (tertiary/aromatic N) is 2. The quantitative estimate of drug-likeness (QED) is 0.835. The fourth-order valence-electron chi connectivity index (χ4n) is 3.01. The minimum Gasteiger partial charge on any atom is -0.341 e. The molecule has 2 amide bonds. The van der Waals surface area contributed by atoms with Gasteiger partial charge >= 0.3 is 0 Å².